The molecular formula is C24H33N3O5. The Morgan fingerprint density at radius 2 is 1.78 bits per heavy atom. The molecule has 0 saturated carbocycles. The first-order chi connectivity index (χ1) is 15.1. The van der Waals surface area contributed by atoms with E-state index in [1.807, 2.05) is 0 Å². The van der Waals surface area contributed by atoms with Gasteiger partial charge < -0.3 is 19.9 Å². The number of hydrogen-bond donors (Lipinski definition) is 1. The zero-order valence-electron chi connectivity index (χ0n) is 19.6. The second-order valence-corrected chi connectivity index (χ2v) is 9.03. The first-order valence-corrected chi connectivity index (χ1v) is 11.0. The third-order valence-corrected chi connectivity index (χ3v) is 5.58. The van der Waals surface area contributed by atoms with Crippen molar-refractivity contribution in [2.24, 2.45) is 0 Å². The van der Waals surface area contributed by atoms with Gasteiger partial charge in [0.25, 0.3) is 0 Å². The van der Waals surface area contributed by atoms with Crippen LogP contribution in [0.25, 0.3) is 0 Å². The molecule has 0 spiro atoms. The van der Waals surface area contributed by atoms with Crippen molar-refractivity contribution in [2.45, 2.75) is 71.8 Å². The van der Waals surface area contributed by atoms with Crippen LogP contribution in [0.5, 0.6) is 0 Å². The number of benzene rings is 1. The van der Waals surface area contributed by atoms with Gasteiger partial charge in [-0.3, -0.25) is 4.57 Å². The van der Waals surface area contributed by atoms with E-state index in [2.05, 4.69) is 58.7 Å². The molecule has 0 amide bonds. The molecule has 1 fully saturated rings. The summed E-state index contributed by atoms with van der Waals surface area (Å²) in [5, 5.41) is 0. The smallest absolute Gasteiger partial charge is 0.351 e. The highest BCUT2D eigenvalue weighted by atomic mass is 16.7. The van der Waals surface area contributed by atoms with Crippen LogP contribution < -0.4 is 11.4 Å². The van der Waals surface area contributed by atoms with Crippen molar-refractivity contribution in [1.29, 1.82) is 0 Å². The van der Waals surface area contributed by atoms with Gasteiger partial charge in [-0.15, -0.1) is 0 Å². The topological polar surface area (TPSA) is 106 Å². The second-order valence-electron chi connectivity index (χ2n) is 9.03. The lowest BCUT2D eigenvalue weighted by Gasteiger charge is -2.22. The normalized spacial score (nSPS) is 18.7. The molecule has 8 heteroatoms. The monoisotopic (exact) mass is 443 g/mol. The van der Waals surface area contributed by atoms with E-state index in [-0.39, 0.29) is 30.9 Å². The van der Waals surface area contributed by atoms with Gasteiger partial charge in [-0.1, -0.05) is 53.7 Å². The minimum absolute atomic E-state index is 0.0759. The van der Waals surface area contributed by atoms with Crippen molar-refractivity contribution >= 4 is 11.8 Å². The zero-order chi connectivity index (χ0) is 23.6. The summed E-state index contributed by atoms with van der Waals surface area (Å²) in [4.78, 5) is 28.9. The number of carbonyl (C=O) groups excluding carboxylic acids is 1. The summed E-state index contributed by atoms with van der Waals surface area (Å²) in [7, 11) is 0. The first kappa shape index (κ1) is 23.9. The molecule has 1 aromatic heterocycles. The molecule has 3 rings (SSSR count). The number of aromatic nitrogens is 2. The maximum absolute atomic E-state index is 13.2. The highest BCUT2D eigenvalue weighted by Crippen LogP contribution is 2.33. The molecule has 1 aliphatic heterocycles. The molecule has 2 unspecified atom stereocenters. The van der Waals surface area contributed by atoms with Crippen LogP contribution in [0.2, 0.25) is 0 Å². The molecule has 2 heterocycles. The number of nitrogens with zero attached hydrogens (tertiary/aromatic N) is 2. The Hall–Kier alpha value is -2.71. The van der Waals surface area contributed by atoms with Gasteiger partial charge in [0, 0.05) is 6.20 Å². The van der Waals surface area contributed by atoms with Gasteiger partial charge in [0.1, 0.15) is 12.4 Å². The number of nitrogen functional groups attached to an aromatic ring is 1. The number of ether oxygens (including phenoxy) is 3. The van der Waals surface area contributed by atoms with E-state index in [0.717, 1.165) is 11.1 Å². The number of rotatable bonds is 7. The molecule has 1 saturated heterocycles. The van der Waals surface area contributed by atoms with Crippen LogP contribution in [-0.4, -0.2) is 35.0 Å². The van der Waals surface area contributed by atoms with Crippen molar-refractivity contribution in [1.82, 2.24) is 9.55 Å². The molecule has 0 radical (unpaired) electrons. The fourth-order valence-electron chi connectivity index (χ4n) is 3.73. The highest BCUT2D eigenvalue weighted by Gasteiger charge is 2.30. The standard InChI is InChI=1S/C24H33N3O5/c1-13(2)16-9-17(14(3)4)22(18(10-16)15(5)6)23(28)31-12-21-30-11-20(32-21)27-8-7-19(25)26-24(27)29/h7-10,13-15,20-21H,11-12H2,1-6H3,(H2,25,26,29). The predicted molar refractivity (Wildman–Crippen MR) is 122 cm³/mol. The Bertz CT molecular complexity index is 1000. The molecule has 1 aliphatic rings. The van der Waals surface area contributed by atoms with Crippen LogP contribution in [0.1, 0.15) is 92.6 Å². The van der Waals surface area contributed by atoms with Crippen molar-refractivity contribution < 1.29 is 19.0 Å². The predicted octanol–water partition coefficient (Wildman–Crippen LogP) is 3.92. The fourth-order valence-corrected chi connectivity index (χ4v) is 3.73. The lowest BCUT2D eigenvalue weighted by atomic mass is 9.84. The Balaban J connectivity index is 1.75. The molecule has 1 aromatic carbocycles. The fraction of sp³-hybridized carbons (Fsp3) is 0.542. The minimum Gasteiger partial charge on any atom is -0.457 e. The molecule has 32 heavy (non-hydrogen) atoms. The Labute approximate surface area is 188 Å². The highest BCUT2D eigenvalue weighted by molar-refractivity contribution is 5.93. The van der Waals surface area contributed by atoms with Crippen molar-refractivity contribution in [3.63, 3.8) is 0 Å². The SMILES string of the molecule is CC(C)c1cc(C(C)C)c(C(=O)OCC2OCC(n3ccc(N)nc3=O)O2)c(C(C)C)c1. The number of carbonyl (C=O) groups is 1. The van der Waals surface area contributed by atoms with Gasteiger partial charge in [-0.25, -0.2) is 9.59 Å². The molecule has 0 bridgehead atoms. The molecule has 2 aromatic rings. The summed E-state index contributed by atoms with van der Waals surface area (Å²) < 4.78 is 18.2. The number of nitrogens with two attached hydrogens (primary N) is 1. The van der Waals surface area contributed by atoms with Gasteiger partial charge >= 0.3 is 11.7 Å². The van der Waals surface area contributed by atoms with Crippen molar-refractivity contribution in [3.05, 3.63) is 57.1 Å². The van der Waals surface area contributed by atoms with Crippen LogP contribution in [-0.2, 0) is 14.2 Å². The Morgan fingerprint density at radius 1 is 1.16 bits per heavy atom. The zero-order valence-corrected chi connectivity index (χ0v) is 19.6. The molecule has 2 N–H and O–H groups in total. The van der Waals surface area contributed by atoms with E-state index < -0.39 is 24.2 Å². The number of anilines is 1. The van der Waals surface area contributed by atoms with Gasteiger partial charge in [-0.2, -0.15) is 4.98 Å². The lowest BCUT2D eigenvalue weighted by molar-refractivity contribution is -0.103. The summed E-state index contributed by atoms with van der Waals surface area (Å²) >= 11 is 0. The van der Waals surface area contributed by atoms with E-state index in [9.17, 15) is 9.59 Å². The third-order valence-electron chi connectivity index (χ3n) is 5.58. The van der Waals surface area contributed by atoms with Crippen LogP contribution >= 0.6 is 0 Å². The van der Waals surface area contributed by atoms with Crippen LogP contribution in [0, 0.1) is 0 Å². The van der Waals surface area contributed by atoms with Gasteiger partial charge in [-0.05, 0) is 40.5 Å². The summed E-state index contributed by atoms with van der Waals surface area (Å²) in [5.41, 5.74) is 8.80. The second kappa shape index (κ2) is 9.83. The molecule has 8 nitrogen and oxygen atoms in total. The van der Waals surface area contributed by atoms with E-state index in [0.29, 0.717) is 11.5 Å². The summed E-state index contributed by atoms with van der Waals surface area (Å²) in [5.74, 6) is 0.443. The number of esters is 1. The minimum atomic E-state index is -0.770. The van der Waals surface area contributed by atoms with Crippen LogP contribution in [0.3, 0.4) is 0 Å². The van der Waals surface area contributed by atoms with Crippen LogP contribution in [0.4, 0.5) is 5.82 Å². The maximum Gasteiger partial charge on any atom is 0.351 e. The van der Waals surface area contributed by atoms with Gasteiger partial charge in [0.2, 0.25) is 0 Å². The van der Waals surface area contributed by atoms with Gasteiger partial charge in [0.15, 0.2) is 12.5 Å². The lowest BCUT2D eigenvalue weighted by Crippen LogP contribution is -2.29. The first-order valence-electron chi connectivity index (χ1n) is 11.0. The summed E-state index contributed by atoms with van der Waals surface area (Å²) in [6, 6.07) is 5.73. The Kier molecular flexibility index (Phi) is 7.36. The van der Waals surface area contributed by atoms with E-state index in [1.54, 1.807) is 0 Å². The van der Waals surface area contributed by atoms with E-state index in [4.69, 9.17) is 19.9 Å². The van der Waals surface area contributed by atoms with Crippen molar-refractivity contribution in [3.8, 4) is 0 Å². The van der Waals surface area contributed by atoms with Crippen molar-refractivity contribution in [2.75, 3.05) is 18.9 Å². The van der Waals surface area contributed by atoms with Crippen LogP contribution in [0.15, 0.2) is 29.2 Å². The van der Waals surface area contributed by atoms with E-state index in [1.165, 1.54) is 22.4 Å². The quantitative estimate of drug-likeness (QED) is 0.646. The summed E-state index contributed by atoms with van der Waals surface area (Å²) in [6.45, 7) is 12.7. The molecule has 174 valence electrons. The summed E-state index contributed by atoms with van der Waals surface area (Å²) in [6.07, 6.45) is 0.0862. The maximum atomic E-state index is 13.2. The average molecular weight is 444 g/mol. The number of hydrogen-bond acceptors (Lipinski definition) is 7. The van der Waals surface area contributed by atoms with Gasteiger partial charge in [0.05, 0.1) is 12.2 Å². The average Bonchev–Trinajstić information content (AvgIpc) is 3.19. The third kappa shape index (κ3) is 5.19. The molecular weight excluding hydrogens is 410 g/mol. The Morgan fingerprint density at radius 3 is 2.31 bits per heavy atom. The largest absolute Gasteiger partial charge is 0.457 e. The van der Waals surface area contributed by atoms with E-state index >= 15 is 0 Å². The molecule has 0 aliphatic carbocycles. The molecule has 2 atom stereocenters.